The van der Waals surface area contributed by atoms with Gasteiger partial charge in [0.1, 0.15) is 5.69 Å². The van der Waals surface area contributed by atoms with Crippen LogP contribution in [0.4, 0.5) is 5.69 Å². The van der Waals surface area contributed by atoms with Crippen LogP contribution in [0.2, 0.25) is 0 Å². The fraction of sp³-hybridized carbons (Fsp3) is 0.0667. The maximum Gasteiger partial charge on any atom is 0.197 e. The van der Waals surface area contributed by atoms with Crippen molar-refractivity contribution in [3.63, 3.8) is 0 Å². The van der Waals surface area contributed by atoms with Crippen LogP contribution >= 0.6 is 0 Å². The van der Waals surface area contributed by atoms with Crippen molar-refractivity contribution < 1.29 is 4.74 Å². The lowest BCUT2D eigenvalue weighted by Crippen LogP contribution is -1.96. The van der Waals surface area contributed by atoms with E-state index in [2.05, 4.69) is 21.9 Å². The van der Waals surface area contributed by atoms with Crippen LogP contribution in [0.5, 0.6) is 5.75 Å². The number of benzene rings is 1. The molecule has 0 saturated carbocycles. The van der Waals surface area contributed by atoms with Crippen LogP contribution in [0, 0.1) is 11.8 Å². The fourth-order valence-electron chi connectivity index (χ4n) is 1.82. The van der Waals surface area contributed by atoms with Crippen LogP contribution in [0.3, 0.4) is 0 Å². The zero-order valence-corrected chi connectivity index (χ0v) is 10.9. The topological polar surface area (TPSA) is 65.4 Å². The monoisotopic (exact) mass is 264 g/mol. The molecule has 0 unspecified atom stereocenters. The molecule has 2 N–H and O–H groups in total. The van der Waals surface area contributed by atoms with Gasteiger partial charge in [-0.3, -0.25) is 0 Å². The van der Waals surface area contributed by atoms with E-state index in [1.165, 1.54) is 0 Å². The summed E-state index contributed by atoms with van der Waals surface area (Å²) in [4.78, 5) is 4.27. The molecule has 3 aromatic rings. The average molecular weight is 264 g/mol. The van der Waals surface area contributed by atoms with Crippen molar-refractivity contribution >= 4 is 11.3 Å². The Bertz CT molecular complexity index is 809. The van der Waals surface area contributed by atoms with Crippen molar-refractivity contribution in [3.05, 3.63) is 54.0 Å². The van der Waals surface area contributed by atoms with Gasteiger partial charge in [0.2, 0.25) is 0 Å². The minimum atomic E-state index is 0.650. The summed E-state index contributed by atoms with van der Waals surface area (Å²) in [6.45, 7) is 0. The Morgan fingerprint density at radius 1 is 1.15 bits per heavy atom. The second-order valence-electron chi connectivity index (χ2n) is 4.15. The molecule has 0 aliphatic carbocycles. The van der Waals surface area contributed by atoms with E-state index >= 15 is 0 Å². The van der Waals surface area contributed by atoms with Gasteiger partial charge in [-0.05, 0) is 30.2 Å². The normalized spacial score (nSPS) is 10.1. The Kier molecular flexibility index (Phi) is 2.98. The molecule has 0 fully saturated rings. The van der Waals surface area contributed by atoms with Crippen molar-refractivity contribution in [2.24, 2.45) is 0 Å². The van der Waals surface area contributed by atoms with E-state index in [1.54, 1.807) is 30.1 Å². The first-order chi connectivity index (χ1) is 9.78. The molecule has 2 heterocycles. The summed E-state index contributed by atoms with van der Waals surface area (Å²) in [7, 11) is 1.60. The zero-order valence-electron chi connectivity index (χ0n) is 10.9. The lowest BCUT2D eigenvalue weighted by molar-refractivity contribution is 0.415. The highest BCUT2D eigenvalue weighted by molar-refractivity contribution is 5.55. The van der Waals surface area contributed by atoms with Crippen LogP contribution < -0.4 is 10.5 Å². The van der Waals surface area contributed by atoms with Crippen molar-refractivity contribution in [1.82, 2.24) is 14.6 Å². The molecular weight excluding hydrogens is 252 g/mol. The van der Waals surface area contributed by atoms with Crippen molar-refractivity contribution in [2.75, 3.05) is 12.8 Å². The number of nitrogens with two attached hydrogens (primary N) is 1. The summed E-state index contributed by atoms with van der Waals surface area (Å²) >= 11 is 0. The maximum absolute atomic E-state index is 5.64. The molecule has 5 heteroatoms. The van der Waals surface area contributed by atoms with E-state index in [0.717, 1.165) is 11.3 Å². The van der Waals surface area contributed by atoms with Gasteiger partial charge in [-0.1, -0.05) is 5.92 Å². The Labute approximate surface area is 116 Å². The highest BCUT2D eigenvalue weighted by Gasteiger charge is 2.06. The minimum Gasteiger partial charge on any atom is -0.493 e. The highest BCUT2D eigenvalue weighted by Crippen LogP contribution is 2.16. The number of ether oxygens (including phenoxy) is 1. The third kappa shape index (κ3) is 2.15. The van der Waals surface area contributed by atoms with Gasteiger partial charge in [0, 0.05) is 17.3 Å². The second-order valence-corrected chi connectivity index (χ2v) is 4.15. The van der Waals surface area contributed by atoms with E-state index in [-0.39, 0.29) is 0 Å². The number of nitrogens with zero attached hydrogens (tertiary/aromatic N) is 3. The standard InChI is InChI=1S/C15H12N4O/c1-20-14-8-9-18-19-13(10-17-15(14)19)7-4-11-2-5-12(16)6-3-11/h2-3,5-6,8-10H,16H2,1H3. The molecule has 3 rings (SSSR count). The van der Waals surface area contributed by atoms with E-state index in [1.807, 2.05) is 24.3 Å². The first-order valence-electron chi connectivity index (χ1n) is 6.02. The number of fused-ring (bicyclic) bond motifs is 1. The largest absolute Gasteiger partial charge is 0.493 e. The zero-order chi connectivity index (χ0) is 13.9. The number of nitrogen functional groups attached to an aromatic ring is 1. The van der Waals surface area contributed by atoms with Gasteiger partial charge in [-0.25, -0.2) is 9.50 Å². The number of hydrogen-bond acceptors (Lipinski definition) is 4. The van der Waals surface area contributed by atoms with Crippen molar-refractivity contribution in [1.29, 1.82) is 0 Å². The first kappa shape index (κ1) is 12.1. The highest BCUT2D eigenvalue weighted by atomic mass is 16.5. The Morgan fingerprint density at radius 3 is 2.70 bits per heavy atom. The smallest absolute Gasteiger partial charge is 0.197 e. The van der Waals surface area contributed by atoms with Gasteiger partial charge in [-0.2, -0.15) is 5.10 Å². The summed E-state index contributed by atoms with van der Waals surface area (Å²) in [5, 5.41) is 4.23. The summed E-state index contributed by atoms with van der Waals surface area (Å²) < 4.78 is 6.89. The Hall–Kier alpha value is -3.00. The van der Waals surface area contributed by atoms with Crippen molar-refractivity contribution in [2.45, 2.75) is 0 Å². The number of imidazole rings is 1. The third-order valence-electron chi connectivity index (χ3n) is 2.83. The van der Waals surface area contributed by atoms with Crippen molar-refractivity contribution in [3.8, 4) is 17.6 Å². The lowest BCUT2D eigenvalue weighted by atomic mass is 10.2. The molecule has 1 aromatic carbocycles. The summed E-state index contributed by atoms with van der Waals surface area (Å²) in [6.07, 6.45) is 3.33. The van der Waals surface area contributed by atoms with Gasteiger partial charge in [0.05, 0.1) is 19.5 Å². The number of methoxy groups -OCH3 is 1. The predicted octanol–water partition coefficient (Wildman–Crippen LogP) is 1.72. The van der Waals surface area contributed by atoms with Gasteiger partial charge in [-0.15, -0.1) is 0 Å². The molecule has 0 bridgehead atoms. The summed E-state index contributed by atoms with van der Waals surface area (Å²) in [5.74, 6) is 6.77. The summed E-state index contributed by atoms with van der Waals surface area (Å²) in [6, 6.07) is 9.15. The molecule has 2 aromatic heterocycles. The molecule has 0 radical (unpaired) electrons. The number of anilines is 1. The van der Waals surface area contributed by atoms with Gasteiger partial charge in [0.15, 0.2) is 11.4 Å². The SMILES string of the molecule is COc1ccnn2c(C#Cc3ccc(N)cc3)cnc12. The van der Waals surface area contributed by atoms with Gasteiger partial charge >= 0.3 is 0 Å². The molecule has 0 spiro atoms. The van der Waals surface area contributed by atoms with Crippen LogP contribution in [0.1, 0.15) is 11.3 Å². The molecule has 0 saturated heterocycles. The number of hydrogen-bond donors (Lipinski definition) is 1. The van der Waals surface area contributed by atoms with Crippen LogP contribution in [-0.4, -0.2) is 21.7 Å². The molecule has 20 heavy (non-hydrogen) atoms. The Balaban J connectivity index is 2.02. The first-order valence-corrected chi connectivity index (χ1v) is 6.02. The molecule has 5 nitrogen and oxygen atoms in total. The van der Waals surface area contributed by atoms with E-state index in [0.29, 0.717) is 17.1 Å². The molecule has 0 aliphatic heterocycles. The molecule has 0 amide bonds. The van der Waals surface area contributed by atoms with Crippen LogP contribution in [0.15, 0.2) is 42.7 Å². The van der Waals surface area contributed by atoms with Crippen LogP contribution in [-0.2, 0) is 0 Å². The number of rotatable bonds is 1. The molecular formula is C15H12N4O. The Morgan fingerprint density at radius 2 is 1.95 bits per heavy atom. The number of aromatic nitrogens is 3. The fourth-order valence-corrected chi connectivity index (χ4v) is 1.82. The quantitative estimate of drug-likeness (QED) is 0.537. The van der Waals surface area contributed by atoms with Crippen LogP contribution in [0.25, 0.3) is 5.65 Å². The van der Waals surface area contributed by atoms with Gasteiger partial charge in [0.25, 0.3) is 0 Å². The average Bonchev–Trinajstić information content (AvgIpc) is 2.90. The molecule has 0 aliphatic rings. The third-order valence-corrected chi connectivity index (χ3v) is 2.83. The lowest BCUT2D eigenvalue weighted by Gasteiger charge is -2.00. The second kappa shape index (κ2) is 4.94. The van der Waals surface area contributed by atoms with E-state index in [4.69, 9.17) is 10.5 Å². The predicted molar refractivity (Wildman–Crippen MR) is 76.4 cm³/mol. The molecule has 98 valence electrons. The molecule has 0 atom stereocenters. The summed E-state index contributed by atoms with van der Waals surface area (Å²) in [5.41, 5.74) is 8.60. The van der Waals surface area contributed by atoms with E-state index < -0.39 is 0 Å². The van der Waals surface area contributed by atoms with E-state index in [9.17, 15) is 0 Å². The minimum absolute atomic E-state index is 0.650. The maximum atomic E-state index is 5.64. The van der Waals surface area contributed by atoms with Gasteiger partial charge < -0.3 is 10.5 Å².